The van der Waals surface area contributed by atoms with E-state index in [1.54, 1.807) is 6.21 Å². The smallest absolute Gasteiger partial charge is 0.244 e. The predicted molar refractivity (Wildman–Crippen MR) is 163 cm³/mol. The van der Waals surface area contributed by atoms with Crippen molar-refractivity contribution in [1.29, 1.82) is 0 Å². The van der Waals surface area contributed by atoms with E-state index in [1.165, 1.54) is 0 Å². The Morgan fingerprint density at radius 2 is 1.49 bits per heavy atom. The standard InChI is InChI=1S/C35H32N2O4/c1-2-39-34-21-28(17-20-33(34)41-24-27-9-4-3-5-10-27)25-40-31-18-15-26(16-19-31)23-36-37-35(38)22-30-13-8-12-29-11-6-7-14-32(29)30/h3-21,23H,2,22,24-25H2,1H3,(H,37,38)/b36-23+. The molecule has 0 heterocycles. The van der Waals surface area contributed by atoms with Gasteiger partial charge in [0.1, 0.15) is 19.0 Å². The second-order valence-electron chi connectivity index (χ2n) is 9.45. The number of nitrogens with one attached hydrogen (secondary N) is 1. The monoisotopic (exact) mass is 544 g/mol. The summed E-state index contributed by atoms with van der Waals surface area (Å²) in [6.45, 7) is 3.35. The van der Waals surface area contributed by atoms with Gasteiger partial charge in [-0.2, -0.15) is 5.10 Å². The fourth-order valence-corrected chi connectivity index (χ4v) is 4.42. The maximum atomic E-state index is 12.4. The van der Waals surface area contributed by atoms with Crippen LogP contribution >= 0.6 is 0 Å². The molecule has 0 aliphatic carbocycles. The third-order valence-corrected chi connectivity index (χ3v) is 6.46. The quantitative estimate of drug-likeness (QED) is 0.135. The first kappa shape index (κ1) is 27.5. The van der Waals surface area contributed by atoms with Gasteiger partial charge in [-0.1, -0.05) is 78.9 Å². The number of fused-ring (bicyclic) bond motifs is 1. The van der Waals surface area contributed by atoms with Gasteiger partial charge in [-0.3, -0.25) is 4.79 Å². The number of hydrogen-bond donors (Lipinski definition) is 1. The molecule has 0 spiro atoms. The van der Waals surface area contributed by atoms with E-state index in [0.717, 1.165) is 38.8 Å². The summed E-state index contributed by atoms with van der Waals surface area (Å²) in [5.74, 6) is 1.95. The van der Waals surface area contributed by atoms with E-state index < -0.39 is 0 Å². The first-order valence-electron chi connectivity index (χ1n) is 13.6. The van der Waals surface area contributed by atoms with E-state index >= 15 is 0 Å². The van der Waals surface area contributed by atoms with Crippen molar-refractivity contribution in [3.63, 3.8) is 0 Å². The van der Waals surface area contributed by atoms with Gasteiger partial charge in [-0.25, -0.2) is 5.43 Å². The van der Waals surface area contributed by atoms with Crippen molar-refractivity contribution < 1.29 is 19.0 Å². The minimum atomic E-state index is -0.166. The van der Waals surface area contributed by atoms with Crippen molar-refractivity contribution in [3.05, 3.63) is 138 Å². The summed E-state index contributed by atoms with van der Waals surface area (Å²) in [6.07, 6.45) is 1.88. The first-order chi connectivity index (χ1) is 20.2. The van der Waals surface area contributed by atoms with Gasteiger partial charge in [0.15, 0.2) is 11.5 Å². The molecular weight excluding hydrogens is 512 g/mol. The molecule has 5 aromatic rings. The van der Waals surface area contributed by atoms with Gasteiger partial charge in [-0.15, -0.1) is 0 Å². The first-order valence-corrected chi connectivity index (χ1v) is 13.6. The minimum Gasteiger partial charge on any atom is -0.490 e. The molecule has 1 N–H and O–H groups in total. The maximum absolute atomic E-state index is 12.4. The van der Waals surface area contributed by atoms with E-state index in [0.29, 0.717) is 31.3 Å². The van der Waals surface area contributed by atoms with Crippen LogP contribution in [0.1, 0.15) is 29.2 Å². The van der Waals surface area contributed by atoms with Gasteiger partial charge in [-0.05, 0) is 76.3 Å². The Hall–Kier alpha value is -5.10. The highest BCUT2D eigenvalue weighted by Crippen LogP contribution is 2.30. The van der Waals surface area contributed by atoms with Crippen LogP contribution in [0.4, 0.5) is 0 Å². The number of nitrogens with zero attached hydrogens (tertiary/aromatic N) is 1. The zero-order chi connectivity index (χ0) is 28.3. The zero-order valence-corrected chi connectivity index (χ0v) is 23.0. The average molecular weight is 545 g/mol. The SMILES string of the molecule is CCOc1cc(COc2ccc(/C=N/NC(=O)Cc3cccc4ccccc34)cc2)ccc1OCc1ccccc1. The lowest BCUT2D eigenvalue weighted by atomic mass is 10.0. The normalized spacial score (nSPS) is 11.0. The van der Waals surface area contributed by atoms with Crippen LogP contribution in [-0.4, -0.2) is 18.7 Å². The molecule has 5 aromatic carbocycles. The van der Waals surface area contributed by atoms with Crippen LogP contribution in [0.5, 0.6) is 17.2 Å². The van der Waals surface area contributed by atoms with E-state index in [1.807, 2.05) is 122 Å². The van der Waals surface area contributed by atoms with Crippen molar-refractivity contribution in [1.82, 2.24) is 5.43 Å². The molecule has 6 heteroatoms. The van der Waals surface area contributed by atoms with E-state index in [9.17, 15) is 4.79 Å². The Morgan fingerprint density at radius 3 is 2.32 bits per heavy atom. The van der Waals surface area contributed by atoms with Gasteiger partial charge >= 0.3 is 0 Å². The number of carbonyl (C=O) groups excluding carboxylic acids is 1. The number of rotatable bonds is 12. The molecule has 0 saturated heterocycles. The molecule has 0 aliphatic rings. The molecule has 5 rings (SSSR count). The Kier molecular flexibility index (Phi) is 9.25. The highest BCUT2D eigenvalue weighted by Gasteiger charge is 2.09. The van der Waals surface area contributed by atoms with Gasteiger partial charge in [0, 0.05) is 0 Å². The van der Waals surface area contributed by atoms with Gasteiger partial charge in [0.25, 0.3) is 0 Å². The summed E-state index contributed by atoms with van der Waals surface area (Å²) in [4.78, 5) is 12.4. The minimum absolute atomic E-state index is 0.166. The van der Waals surface area contributed by atoms with Crippen molar-refractivity contribution >= 4 is 22.9 Å². The Labute approximate surface area is 240 Å². The number of ether oxygens (including phenoxy) is 3. The fraction of sp³-hybridized carbons (Fsp3) is 0.143. The zero-order valence-electron chi connectivity index (χ0n) is 23.0. The van der Waals surface area contributed by atoms with Crippen molar-refractivity contribution in [2.75, 3.05) is 6.61 Å². The second kappa shape index (κ2) is 13.8. The molecule has 6 nitrogen and oxygen atoms in total. The number of carbonyl (C=O) groups is 1. The molecule has 1 amide bonds. The lowest BCUT2D eigenvalue weighted by Gasteiger charge is -2.14. The van der Waals surface area contributed by atoms with Crippen LogP contribution in [-0.2, 0) is 24.4 Å². The number of hydrazone groups is 1. The highest BCUT2D eigenvalue weighted by molar-refractivity contribution is 5.90. The Morgan fingerprint density at radius 1 is 0.732 bits per heavy atom. The number of amides is 1. The van der Waals surface area contributed by atoms with Crippen LogP contribution in [0.25, 0.3) is 10.8 Å². The van der Waals surface area contributed by atoms with Crippen LogP contribution in [0, 0.1) is 0 Å². The van der Waals surface area contributed by atoms with Crippen molar-refractivity contribution in [2.45, 2.75) is 26.6 Å². The van der Waals surface area contributed by atoms with Crippen molar-refractivity contribution in [3.8, 4) is 17.2 Å². The summed E-state index contributed by atoms with van der Waals surface area (Å²) in [6, 6.07) is 37.4. The molecule has 0 radical (unpaired) electrons. The van der Waals surface area contributed by atoms with Crippen LogP contribution in [0.15, 0.2) is 120 Å². The summed E-state index contributed by atoms with van der Waals surface area (Å²) in [5.41, 5.74) is 6.51. The largest absolute Gasteiger partial charge is 0.490 e. The molecule has 0 atom stereocenters. The van der Waals surface area contributed by atoms with Gasteiger partial charge < -0.3 is 14.2 Å². The Balaban J connectivity index is 1.12. The molecule has 0 aliphatic heterocycles. The average Bonchev–Trinajstić information content (AvgIpc) is 3.01. The summed E-state index contributed by atoms with van der Waals surface area (Å²) < 4.78 is 17.8. The molecule has 41 heavy (non-hydrogen) atoms. The second-order valence-corrected chi connectivity index (χ2v) is 9.45. The lowest BCUT2D eigenvalue weighted by Crippen LogP contribution is -2.19. The summed E-state index contributed by atoms with van der Waals surface area (Å²) >= 11 is 0. The van der Waals surface area contributed by atoms with Crippen LogP contribution in [0.2, 0.25) is 0 Å². The molecule has 0 bridgehead atoms. The molecule has 0 fully saturated rings. The van der Waals surface area contributed by atoms with Crippen LogP contribution < -0.4 is 19.6 Å². The van der Waals surface area contributed by atoms with Gasteiger partial charge in [0.05, 0.1) is 19.2 Å². The molecule has 206 valence electrons. The van der Waals surface area contributed by atoms with E-state index in [4.69, 9.17) is 14.2 Å². The Bertz CT molecular complexity index is 1610. The molecule has 0 unspecified atom stereocenters. The molecule has 0 aromatic heterocycles. The van der Waals surface area contributed by atoms with Crippen molar-refractivity contribution in [2.24, 2.45) is 5.10 Å². The van der Waals surface area contributed by atoms with Crippen LogP contribution in [0.3, 0.4) is 0 Å². The summed E-state index contributed by atoms with van der Waals surface area (Å²) in [5, 5.41) is 6.31. The third-order valence-electron chi connectivity index (χ3n) is 6.46. The number of benzene rings is 5. The van der Waals surface area contributed by atoms with E-state index in [-0.39, 0.29) is 12.3 Å². The molecular formula is C35H32N2O4. The fourth-order valence-electron chi connectivity index (χ4n) is 4.42. The highest BCUT2D eigenvalue weighted by atomic mass is 16.5. The summed E-state index contributed by atoms with van der Waals surface area (Å²) in [7, 11) is 0. The number of hydrogen-bond acceptors (Lipinski definition) is 5. The lowest BCUT2D eigenvalue weighted by molar-refractivity contribution is -0.120. The van der Waals surface area contributed by atoms with E-state index in [2.05, 4.69) is 10.5 Å². The maximum Gasteiger partial charge on any atom is 0.244 e. The molecule has 0 saturated carbocycles. The van der Waals surface area contributed by atoms with Gasteiger partial charge in [0.2, 0.25) is 5.91 Å². The third kappa shape index (κ3) is 7.73. The predicted octanol–water partition coefficient (Wildman–Crippen LogP) is 7.09. The topological polar surface area (TPSA) is 69.2 Å².